The van der Waals surface area contributed by atoms with E-state index >= 15 is 0 Å². The molecule has 2 atom stereocenters. The summed E-state index contributed by atoms with van der Waals surface area (Å²) in [5.41, 5.74) is 0.555. The molecule has 0 N–H and O–H groups in total. The second-order valence-electron chi connectivity index (χ2n) is 6.34. The standard InChI is InChI=1S/C20H24N2O3/c1-3-5-10-17-16-9-7-6-8-15(16)12-20(13-21,14-22)18(25-17)11-19(23)24-4-2/h6-9,17-18H,3-5,10-12H2,1-2H3/t17-,18+/m0/s1. The number of rotatable bonds is 6. The molecule has 0 aliphatic carbocycles. The Hall–Kier alpha value is -2.37. The first-order chi connectivity index (χ1) is 12.1. The second kappa shape index (κ2) is 8.65. The highest BCUT2D eigenvalue weighted by Crippen LogP contribution is 2.41. The van der Waals surface area contributed by atoms with Gasteiger partial charge in [-0.2, -0.15) is 10.5 Å². The molecule has 2 rings (SSSR count). The molecule has 1 aromatic carbocycles. The summed E-state index contributed by atoms with van der Waals surface area (Å²) in [5.74, 6) is -0.442. The van der Waals surface area contributed by atoms with E-state index in [0.717, 1.165) is 30.4 Å². The molecule has 0 saturated carbocycles. The molecule has 0 unspecified atom stereocenters. The Balaban J connectivity index is 2.42. The van der Waals surface area contributed by atoms with E-state index in [-0.39, 0.29) is 25.6 Å². The first kappa shape index (κ1) is 19.0. The summed E-state index contributed by atoms with van der Waals surface area (Å²) in [5, 5.41) is 19.5. The average molecular weight is 340 g/mol. The number of hydrogen-bond donors (Lipinski definition) is 0. The van der Waals surface area contributed by atoms with Gasteiger partial charge in [0.2, 0.25) is 0 Å². The van der Waals surface area contributed by atoms with Gasteiger partial charge in [0.25, 0.3) is 0 Å². The molecule has 1 aromatic rings. The van der Waals surface area contributed by atoms with Crippen molar-refractivity contribution >= 4 is 5.97 Å². The highest BCUT2D eigenvalue weighted by molar-refractivity contribution is 5.70. The number of fused-ring (bicyclic) bond motifs is 1. The maximum absolute atomic E-state index is 12.0. The zero-order valence-corrected chi connectivity index (χ0v) is 14.8. The van der Waals surface area contributed by atoms with Gasteiger partial charge in [0.1, 0.15) is 6.10 Å². The molecule has 1 heterocycles. The van der Waals surface area contributed by atoms with E-state index in [1.807, 2.05) is 24.3 Å². The second-order valence-corrected chi connectivity index (χ2v) is 6.34. The van der Waals surface area contributed by atoms with Gasteiger partial charge >= 0.3 is 5.97 Å². The van der Waals surface area contributed by atoms with Gasteiger partial charge in [-0.1, -0.05) is 44.0 Å². The normalized spacial score (nSPS) is 21.3. The molecule has 0 saturated heterocycles. The maximum atomic E-state index is 12.0. The van der Waals surface area contributed by atoms with Crippen molar-refractivity contribution in [2.45, 2.75) is 58.2 Å². The predicted molar refractivity (Wildman–Crippen MR) is 92.2 cm³/mol. The van der Waals surface area contributed by atoms with Crippen LogP contribution in [0.4, 0.5) is 0 Å². The monoisotopic (exact) mass is 340 g/mol. The molecule has 0 aromatic heterocycles. The Labute approximate surface area is 149 Å². The summed E-state index contributed by atoms with van der Waals surface area (Å²) in [6.07, 6.45) is 1.91. The van der Waals surface area contributed by atoms with Gasteiger partial charge in [-0.05, 0) is 24.5 Å². The smallest absolute Gasteiger partial charge is 0.308 e. The van der Waals surface area contributed by atoms with E-state index in [1.165, 1.54) is 0 Å². The zero-order valence-electron chi connectivity index (χ0n) is 14.8. The lowest BCUT2D eigenvalue weighted by Gasteiger charge is -2.28. The van der Waals surface area contributed by atoms with Crippen molar-refractivity contribution in [2.24, 2.45) is 5.41 Å². The van der Waals surface area contributed by atoms with Crippen LogP contribution in [0.25, 0.3) is 0 Å². The van der Waals surface area contributed by atoms with Crippen LogP contribution in [0.2, 0.25) is 0 Å². The third-order valence-electron chi connectivity index (χ3n) is 4.63. The zero-order chi connectivity index (χ0) is 18.3. The van der Waals surface area contributed by atoms with E-state index in [1.54, 1.807) is 6.92 Å². The van der Waals surface area contributed by atoms with Crippen molar-refractivity contribution in [3.63, 3.8) is 0 Å². The van der Waals surface area contributed by atoms with Gasteiger partial charge in [0.05, 0.1) is 31.3 Å². The summed E-state index contributed by atoms with van der Waals surface area (Å²) in [6.45, 7) is 4.10. The molecule has 0 bridgehead atoms. The Kier molecular flexibility index (Phi) is 6.56. The summed E-state index contributed by atoms with van der Waals surface area (Å²) >= 11 is 0. The Morgan fingerprint density at radius 1 is 1.32 bits per heavy atom. The van der Waals surface area contributed by atoms with Crippen molar-refractivity contribution in [3.8, 4) is 12.1 Å². The lowest BCUT2D eigenvalue weighted by atomic mass is 9.78. The number of hydrogen-bond acceptors (Lipinski definition) is 5. The van der Waals surface area contributed by atoms with E-state index < -0.39 is 17.5 Å². The maximum Gasteiger partial charge on any atom is 0.308 e. The first-order valence-electron chi connectivity index (χ1n) is 8.81. The molecule has 5 heteroatoms. The lowest BCUT2D eigenvalue weighted by molar-refractivity contribution is -0.149. The van der Waals surface area contributed by atoms with Crippen molar-refractivity contribution in [2.75, 3.05) is 6.61 Å². The van der Waals surface area contributed by atoms with Crippen LogP contribution >= 0.6 is 0 Å². The van der Waals surface area contributed by atoms with Crippen LogP contribution in [-0.4, -0.2) is 18.7 Å². The molecule has 1 aliphatic heterocycles. The van der Waals surface area contributed by atoms with Crippen molar-refractivity contribution < 1.29 is 14.3 Å². The minimum atomic E-state index is -1.40. The minimum Gasteiger partial charge on any atom is -0.466 e. The fourth-order valence-electron chi connectivity index (χ4n) is 3.27. The van der Waals surface area contributed by atoms with Crippen LogP contribution in [0.15, 0.2) is 24.3 Å². The number of unbranched alkanes of at least 4 members (excludes halogenated alkanes) is 1. The summed E-state index contributed by atoms with van der Waals surface area (Å²) < 4.78 is 11.2. The van der Waals surface area contributed by atoms with Gasteiger partial charge in [-0.3, -0.25) is 4.79 Å². The third-order valence-corrected chi connectivity index (χ3v) is 4.63. The Morgan fingerprint density at radius 2 is 2.04 bits per heavy atom. The van der Waals surface area contributed by atoms with E-state index in [0.29, 0.717) is 0 Å². The molecule has 5 nitrogen and oxygen atoms in total. The van der Waals surface area contributed by atoms with Crippen molar-refractivity contribution in [1.29, 1.82) is 10.5 Å². The predicted octanol–water partition coefficient (Wildman–Crippen LogP) is 3.85. The van der Waals surface area contributed by atoms with E-state index in [9.17, 15) is 15.3 Å². The Morgan fingerprint density at radius 3 is 2.68 bits per heavy atom. The number of nitrogens with zero attached hydrogens (tertiary/aromatic N) is 2. The topological polar surface area (TPSA) is 83.1 Å². The Bertz CT molecular complexity index is 673. The minimum absolute atomic E-state index is 0.0917. The molecule has 25 heavy (non-hydrogen) atoms. The molecule has 0 amide bonds. The first-order valence-corrected chi connectivity index (χ1v) is 8.81. The molecule has 0 spiro atoms. The van der Waals surface area contributed by atoms with Crippen LogP contribution in [0.1, 0.15) is 56.8 Å². The highest BCUT2D eigenvalue weighted by atomic mass is 16.5. The molecule has 0 fully saturated rings. The van der Waals surface area contributed by atoms with Gasteiger partial charge in [0.15, 0.2) is 5.41 Å². The van der Waals surface area contributed by atoms with E-state index in [2.05, 4.69) is 19.1 Å². The number of nitriles is 2. The average Bonchev–Trinajstić information content (AvgIpc) is 2.75. The third kappa shape index (κ3) is 4.18. The molecular formula is C20H24N2O3. The van der Waals surface area contributed by atoms with Crippen LogP contribution in [0.3, 0.4) is 0 Å². The van der Waals surface area contributed by atoms with Crippen molar-refractivity contribution in [1.82, 2.24) is 0 Å². The molecular weight excluding hydrogens is 316 g/mol. The highest BCUT2D eigenvalue weighted by Gasteiger charge is 2.46. The largest absolute Gasteiger partial charge is 0.466 e. The van der Waals surface area contributed by atoms with Crippen LogP contribution in [-0.2, 0) is 20.7 Å². The fourth-order valence-corrected chi connectivity index (χ4v) is 3.27. The quantitative estimate of drug-likeness (QED) is 0.735. The molecule has 132 valence electrons. The fraction of sp³-hybridized carbons (Fsp3) is 0.550. The van der Waals surface area contributed by atoms with Gasteiger partial charge in [-0.25, -0.2) is 0 Å². The van der Waals surface area contributed by atoms with E-state index in [4.69, 9.17) is 9.47 Å². The molecule has 1 aliphatic rings. The molecule has 0 radical (unpaired) electrons. The number of benzene rings is 1. The lowest BCUT2D eigenvalue weighted by Crippen LogP contribution is -2.38. The van der Waals surface area contributed by atoms with Crippen LogP contribution in [0.5, 0.6) is 0 Å². The number of carbonyl (C=O) groups excluding carboxylic acids is 1. The van der Waals surface area contributed by atoms with Crippen molar-refractivity contribution in [3.05, 3.63) is 35.4 Å². The summed E-state index contributed by atoms with van der Waals surface area (Å²) in [6, 6.07) is 12.0. The summed E-state index contributed by atoms with van der Waals surface area (Å²) in [7, 11) is 0. The SMILES string of the molecule is CCCC[C@@H]1O[C@H](CC(=O)OCC)C(C#N)(C#N)Cc2ccccc21. The van der Waals surface area contributed by atoms with Gasteiger partial charge < -0.3 is 9.47 Å². The van der Waals surface area contributed by atoms with Crippen LogP contribution < -0.4 is 0 Å². The number of ether oxygens (including phenoxy) is 2. The number of esters is 1. The van der Waals surface area contributed by atoms with Gasteiger partial charge in [0, 0.05) is 6.42 Å². The van der Waals surface area contributed by atoms with Crippen LogP contribution in [0, 0.1) is 28.1 Å². The summed E-state index contributed by atoms with van der Waals surface area (Å²) in [4.78, 5) is 12.0. The van der Waals surface area contributed by atoms with Gasteiger partial charge in [-0.15, -0.1) is 0 Å². The number of carbonyl (C=O) groups is 1.